The van der Waals surface area contributed by atoms with Crippen molar-refractivity contribution in [3.8, 4) is 5.75 Å². The Morgan fingerprint density at radius 2 is 1.40 bits per heavy atom. The van der Waals surface area contributed by atoms with Gasteiger partial charge in [-0.25, -0.2) is 4.79 Å². The normalized spacial score (nSPS) is 15.2. The summed E-state index contributed by atoms with van der Waals surface area (Å²) in [7, 11) is 0. The number of nitrogens with zero attached hydrogens (tertiary/aromatic N) is 1. The summed E-state index contributed by atoms with van der Waals surface area (Å²) in [6.45, 7) is 15.8. The van der Waals surface area contributed by atoms with Gasteiger partial charge in [-0.3, -0.25) is 4.90 Å². The molecule has 0 atom stereocenters. The van der Waals surface area contributed by atoms with Crippen molar-refractivity contribution in [2.45, 2.75) is 90.6 Å². The summed E-state index contributed by atoms with van der Waals surface area (Å²) < 4.78 is 0. The number of likely N-dealkylation sites (tertiary alicyclic amines) is 1. The first kappa shape index (κ1) is 29.7. The van der Waals surface area contributed by atoms with Gasteiger partial charge in [-0.05, 0) is 70.4 Å². The van der Waals surface area contributed by atoms with Gasteiger partial charge in [0, 0.05) is 31.4 Å². The second kappa shape index (κ2) is 12.5. The van der Waals surface area contributed by atoms with Gasteiger partial charge in [0.25, 0.3) is 0 Å². The van der Waals surface area contributed by atoms with Crippen LogP contribution < -0.4 is 10.6 Å². The standard InChI is InChI=1S/C35H47N3O2/c1-34(2,3)29-22-26(23-30(32(29)39)35(4,5)6)16-17-27-14-10-11-15-31(27)37-33(40)36-28-18-20-38(21-19-28)24-25-12-8-7-9-13-25/h7-15,22-23,28,39H,16-21,24H2,1-6H3,(H2,36,37,40). The summed E-state index contributed by atoms with van der Waals surface area (Å²) in [5, 5.41) is 17.4. The van der Waals surface area contributed by atoms with Gasteiger partial charge in [0.15, 0.2) is 0 Å². The number of aromatic hydroxyl groups is 1. The molecule has 0 saturated carbocycles. The van der Waals surface area contributed by atoms with Crippen molar-refractivity contribution in [1.29, 1.82) is 0 Å². The molecule has 1 fully saturated rings. The Balaban J connectivity index is 1.36. The number of rotatable bonds is 7. The van der Waals surface area contributed by atoms with E-state index in [1.54, 1.807) is 0 Å². The number of phenolic OH excluding ortho intramolecular Hbond substituents is 1. The maximum atomic E-state index is 13.0. The quantitative estimate of drug-likeness (QED) is 0.289. The molecule has 3 aromatic carbocycles. The molecular weight excluding hydrogens is 494 g/mol. The molecule has 0 aromatic heterocycles. The van der Waals surface area contributed by atoms with Crippen molar-refractivity contribution in [2.24, 2.45) is 0 Å². The minimum absolute atomic E-state index is 0.136. The number of benzene rings is 3. The van der Waals surface area contributed by atoms with E-state index in [0.29, 0.717) is 5.75 Å². The summed E-state index contributed by atoms with van der Waals surface area (Å²) in [5.41, 5.74) is 6.15. The number of carbonyl (C=O) groups excluding carboxylic acids is 1. The zero-order valence-electron chi connectivity index (χ0n) is 25.2. The van der Waals surface area contributed by atoms with Gasteiger partial charge >= 0.3 is 6.03 Å². The lowest BCUT2D eigenvalue weighted by atomic mass is 9.78. The fraction of sp³-hybridized carbons (Fsp3) is 0.457. The number of carbonyl (C=O) groups is 1. The summed E-state index contributed by atoms with van der Waals surface area (Å²) in [6.07, 6.45) is 3.53. The van der Waals surface area contributed by atoms with Gasteiger partial charge in [0.1, 0.15) is 5.75 Å². The fourth-order valence-corrected chi connectivity index (χ4v) is 5.54. The Morgan fingerprint density at radius 1 is 0.825 bits per heavy atom. The molecule has 1 saturated heterocycles. The number of amides is 2. The minimum Gasteiger partial charge on any atom is -0.507 e. The average Bonchev–Trinajstić information content (AvgIpc) is 2.89. The third-order valence-corrected chi connectivity index (χ3v) is 7.91. The molecule has 0 spiro atoms. The van der Waals surface area contributed by atoms with Crippen molar-refractivity contribution in [3.63, 3.8) is 0 Å². The predicted molar refractivity (Wildman–Crippen MR) is 166 cm³/mol. The van der Waals surface area contributed by atoms with Crippen molar-refractivity contribution in [3.05, 3.63) is 94.5 Å². The van der Waals surface area contributed by atoms with E-state index in [1.807, 2.05) is 18.2 Å². The van der Waals surface area contributed by atoms with Crippen LogP contribution in [0.4, 0.5) is 10.5 Å². The maximum Gasteiger partial charge on any atom is 0.319 e. The summed E-state index contributed by atoms with van der Waals surface area (Å²) >= 11 is 0. The molecule has 0 unspecified atom stereocenters. The molecule has 5 nitrogen and oxygen atoms in total. The summed E-state index contributed by atoms with van der Waals surface area (Å²) in [4.78, 5) is 15.4. The highest BCUT2D eigenvalue weighted by Crippen LogP contribution is 2.40. The Bertz CT molecular complexity index is 1240. The maximum absolute atomic E-state index is 13.0. The number of anilines is 1. The van der Waals surface area contributed by atoms with E-state index in [-0.39, 0.29) is 22.9 Å². The first-order valence-electron chi connectivity index (χ1n) is 14.7. The van der Waals surface area contributed by atoms with Gasteiger partial charge < -0.3 is 15.7 Å². The SMILES string of the molecule is CC(C)(C)c1cc(CCc2ccccc2NC(=O)NC2CCN(Cc3ccccc3)CC2)cc(C(C)(C)C)c1O. The second-order valence-electron chi connectivity index (χ2n) is 13.3. The van der Waals surface area contributed by atoms with Crippen molar-refractivity contribution >= 4 is 11.7 Å². The summed E-state index contributed by atoms with van der Waals surface area (Å²) in [5.74, 6) is 0.411. The highest BCUT2D eigenvalue weighted by molar-refractivity contribution is 5.90. The van der Waals surface area contributed by atoms with E-state index in [0.717, 1.165) is 67.7 Å². The van der Waals surface area contributed by atoms with Crippen LogP contribution in [0.5, 0.6) is 5.75 Å². The molecular formula is C35H47N3O2. The van der Waals surface area contributed by atoms with Gasteiger partial charge in [0.05, 0.1) is 0 Å². The topological polar surface area (TPSA) is 64.6 Å². The lowest BCUT2D eigenvalue weighted by Gasteiger charge is -2.32. The number of hydrogen-bond acceptors (Lipinski definition) is 3. The third-order valence-electron chi connectivity index (χ3n) is 7.91. The van der Waals surface area contributed by atoms with Crippen LogP contribution in [0.2, 0.25) is 0 Å². The van der Waals surface area contributed by atoms with Gasteiger partial charge in [-0.2, -0.15) is 0 Å². The Labute approximate surface area is 241 Å². The van der Waals surface area contributed by atoms with Crippen LogP contribution in [0.3, 0.4) is 0 Å². The number of urea groups is 1. The smallest absolute Gasteiger partial charge is 0.319 e. The zero-order chi connectivity index (χ0) is 28.9. The zero-order valence-corrected chi connectivity index (χ0v) is 25.2. The number of para-hydroxylation sites is 1. The number of phenols is 1. The molecule has 1 heterocycles. The highest BCUT2D eigenvalue weighted by Gasteiger charge is 2.26. The Hall–Kier alpha value is -3.31. The number of nitrogens with one attached hydrogen (secondary N) is 2. The molecule has 40 heavy (non-hydrogen) atoms. The molecule has 3 N–H and O–H groups in total. The van der Waals surface area contributed by atoms with E-state index < -0.39 is 0 Å². The summed E-state index contributed by atoms with van der Waals surface area (Å²) in [6, 6.07) is 23.0. The molecule has 3 aromatic rings. The van der Waals surface area contributed by atoms with E-state index in [2.05, 4.69) is 106 Å². The molecule has 0 aliphatic carbocycles. The Kier molecular flexibility index (Phi) is 9.25. The molecule has 5 heteroatoms. The second-order valence-corrected chi connectivity index (χ2v) is 13.3. The van der Waals surface area contributed by atoms with Gasteiger partial charge in [-0.15, -0.1) is 0 Å². The van der Waals surface area contributed by atoms with E-state index in [1.165, 1.54) is 11.1 Å². The first-order valence-corrected chi connectivity index (χ1v) is 14.7. The molecule has 4 rings (SSSR count). The third kappa shape index (κ3) is 7.88. The largest absolute Gasteiger partial charge is 0.507 e. The van der Waals surface area contributed by atoms with Crippen molar-refractivity contribution < 1.29 is 9.90 Å². The number of hydrogen-bond donors (Lipinski definition) is 3. The van der Waals surface area contributed by atoms with Crippen LogP contribution in [0.15, 0.2) is 66.7 Å². The van der Waals surface area contributed by atoms with Crippen LogP contribution in [-0.2, 0) is 30.2 Å². The van der Waals surface area contributed by atoms with Crippen LogP contribution >= 0.6 is 0 Å². The van der Waals surface area contributed by atoms with E-state index in [4.69, 9.17) is 0 Å². The van der Waals surface area contributed by atoms with Crippen LogP contribution in [0, 0.1) is 0 Å². The average molecular weight is 542 g/mol. The number of aryl methyl sites for hydroxylation is 2. The highest BCUT2D eigenvalue weighted by atomic mass is 16.3. The van der Waals surface area contributed by atoms with E-state index >= 15 is 0 Å². The van der Waals surface area contributed by atoms with Crippen molar-refractivity contribution in [2.75, 3.05) is 18.4 Å². The predicted octanol–water partition coefficient (Wildman–Crippen LogP) is 7.56. The van der Waals surface area contributed by atoms with Crippen molar-refractivity contribution in [1.82, 2.24) is 10.2 Å². The molecule has 2 amide bonds. The molecule has 214 valence electrons. The first-order chi connectivity index (χ1) is 18.9. The molecule has 1 aliphatic heterocycles. The molecule has 0 radical (unpaired) electrons. The lowest BCUT2D eigenvalue weighted by Crippen LogP contribution is -2.45. The fourth-order valence-electron chi connectivity index (χ4n) is 5.54. The molecule has 1 aliphatic rings. The minimum atomic E-state index is -0.157. The van der Waals surface area contributed by atoms with E-state index in [9.17, 15) is 9.90 Å². The van der Waals surface area contributed by atoms with Crippen LogP contribution in [0.25, 0.3) is 0 Å². The number of piperidine rings is 1. The monoisotopic (exact) mass is 541 g/mol. The van der Waals surface area contributed by atoms with Crippen LogP contribution in [0.1, 0.15) is 82.2 Å². The lowest BCUT2D eigenvalue weighted by molar-refractivity contribution is 0.190. The van der Waals surface area contributed by atoms with Crippen LogP contribution in [-0.4, -0.2) is 35.2 Å². The van der Waals surface area contributed by atoms with Gasteiger partial charge in [-0.1, -0.05) is 102 Å². The van der Waals surface area contributed by atoms with Gasteiger partial charge in [0.2, 0.25) is 0 Å². The Morgan fingerprint density at radius 3 is 2.00 bits per heavy atom. The molecule has 0 bridgehead atoms.